The van der Waals surface area contributed by atoms with Crippen molar-refractivity contribution in [3.05, 3.63) is 0 Å². The standard InChI is InChI=1S/C19H41N3Si2/c1-23(2,3)22-24(4,5)16-19(20-17-12-8-6-9-13-17)21-18-14-10-7-11-15-18/h17-18,22H,6-16H2,1-5H3,(H,20,21). The van der Waals surface area contributed by atoms with Gasteiger partial charge in [-0.3, -0.25) is 4.99 Å². The van der Waals surface area contributed by atoms with Crippen molar-refractivity contribution in [2.75, 3.05) is 0 Å². The Labute approximate surface area is 152 Å². The minimum Gasteiger partial charge on any atom is -0.371 e. The van der Waals surface area contributed by atoms with E-state index in [0.29, 0.717) is 12.1 Å². The molecule has 0 saturated heterocycles. The third kappa shape index (κ3) is 7.83. The fraction of sp³-hybridized carbons (Fsp3) is 0.947. The Bertz CT molecular complexity index is 403. The number of hydrogen-bond acceptors (Lipinski definition) is 2. The summed E-state index contributed by atoms with van der Waals surface area (Å²) in [4.78, 5) is 5.26. The summed E-state index contributed by atoms with van der Waals surface area (Å²) in [7, 11) is -2.69. The van der Waals surface area contributed by atoms with E-state index in [1.807, 2.05) is 0 Å². The predicted octanol–water partition coefficient (Wildman–Crippen LogP) is 5.27. The van der Waals surface area contributed by atoms with E-state index in [-0.39, 0.29) is 0 Å². The van der Waals surface area contributed by atoms with Crippen LogP contribution in [0.5, 0.6) is 0 Å². The Hall–Kier alpha value is -0.136. The van der Waals surface area contributed by atoms with Crippen LogP contribution >= 0.6 is 0 Å². The molecule has 0 aliphatic heterocycles. The Morgan fingerprint density at radius 1 is 0.833 bits per heavy atom. The fourth-order valence-electron chi connectivity index (χ4n) is 4.52. The van der Waals surface area contributed by atoms with Crippen LogP contribution in [-0.4, -0.2) is 34.4 Å². The Morgan fingerprint density at radius 2 is 1.38 bits per heavy atom. The van der Waals surface area contributed by atoms with E-state index in [2.05, 4.69) is 42.7 Å². The molecule has 24 heavy (non-hydrogen) atoms. The first-order valence-corrected chi connectivity index (χ1v) is 17.1. The molecule has 0 heterocycles. The van der Waals surface area contributed by atoms with E-state index < -0.39 is 16.5 Å². The highest BCUT2D eigenvalue weighted by molar-refractivity contribution is 6.91. The van der Waals surface area contributed by atoms with E-state index in [0.717, 1.165) is 0 Å². The van der Waals surface area contributed by atoms with Gasteiger partial charge in [-0.15, -0.1) is 0 Å². The number of nitrogens with one attached hydrogen (secondary N) is 2. The second-order valence-corrected chi connectivity index (χ2v) is 19.4. The van der Waals surface area contributed by atoms with Crippen molar-refractivity contribution in [3.63, 3.8) is 0 Å². The van der Waals surface area contributed by atoms with Gasteiger partial charge in [0.15, 0.2) is 0 Å². The molecule has 2 rings (SSSR count). The highest BCUT2D eigenvalue weighted by Gasteiger charge is 2.30. The second kappa shape index (κ2) is 8.99. The first-order chi connectivity index (χ1) is 11.2. The van der Waals surface area contributed by atoms with Gasteiger partial charge in [0.25, 0.3) is 0 Å². The first-order valence-electron chi connectivity index (χ1n) is 10.4. The van der Waals surface area contributed by atoms with Gasteiger partial charge in [0.1, 0.15) is 16.5 Å². The summed E-state index contributed by atoms with van der Waals surface area (Å²) in [5, 5.41) is 3.91. The monoisotopic (exact) mass is 367 g/mol. The fourth-order valence-corrected chi connectivity index (χ4v) is 14.0. The van der Waals surface area contributed by atoms with Gasteiger partial charge in [-0.2, -0.15) is 0 Å². The quantitative estimate of drug-likeness (QED) is 0.381. The Morgan fingerprint density at radius 3 is 1.92 bits per heavy atom. The van der Waals surface area contributed by atoms with Gasteiger partial charge in [-0.05, 0) is 25.7 Å². The highest BCUT2D eigenvalue weighted by Crippen LogP contribution is 2.23. The van der Waals surface area contributed by atoms with Crippen LogP contribution in [0.3, 0.4) is 0 Å². The summed E-state index contributed by atoms with van der Waals surface area (Å²) in [6, 6.07) is 2.43. The summed E-state index contributed by atoms with van der Waals surface area (Å²) >= 11 is 0. The molecule has 3 nitrogen and oxygen atoms in total. The van der Waals surface area contributed by atoms with Gasteiger partial charge >= 0.3 is 0 Å². The minimum absolute atomic E-state index is 0.585. The number of nitrogens with zero attached hydrogens (tertiary/aromatic N) is 1. The minimum atomic E-state index is -1.45. The molecule has 2 aliphatic rings. The van der Waals surface area contributed by atoms with Crippen LogP contribution in [0.25, 0.3) is 0 Å². The lowest BCUT2D eigenvalue weighted by Gasteiger charge is -2.34. The van der Waals surface area contributed by atoms with E-state index in [4.69, 9.17) is 4.99 Å². The highest BCUT2D eigenvalue weighted by atomic mass is 28.4. The topological polar surface area (TPSA) is 36.4 Å². The summed E-state index contributed by atoms with van der Waals surface area (Å²) in [5.74, 6) is 1.34. The van der Waals surface area contributed by atoms with Crippen LogP contribution in [-0.2, 0) is 0 Å². The molecule has 0 bridgehead atoms. The van der Waals surface area contributed by atoms with Crippen LogP contribution in [0.2, 0.25) is 38.8 Å². The van der Waals surface area contributed by atoms with Crippen molar-refractivity contribution >= 4 is 22.3 Å². The average molecular weight is 368 g/mol. The zero-order valence-corrected chi connectivity index (χ0v) is 18.9. The summed E-state index contributed by atoms with van der Waals surface area (Å²) in [6.07, 6.45) is 13.7. The molecule has 0 aromatic carbocycles. The zero-order valence-electron chi connectivity index (χ0n) is 16.9. The predicted molar refractivity (Wildman–Crippen MR) is 113 cm³/mol. The van der Waals surface area contributed by atoms with E-state index in [1.54, 1.807) is 0 Å². The summed E-state index contributed by atoms with van der Waals surface area (Å²) in [6.45, 7) is 12.3. The summed E-state index contributed by atoms with van der Waals surface area (Å²) in [5.41, 5.74) is 0. The molecule has 0 aromatic rings. The van der Waals surface area contributed by atoms with Gasteiger partial charge in [0, 0.05) is 12.1 Å². The first kappa shape index (κ1) is 20.2. The second-order valence-electron chi connectivity index (χ2n) is 9.78. The molecule has 2 saturated carbocycles. The third-order valence-electron chi connectivity index (χ3n) is 5.21. The number of amidine groups is 1. The van der Waals surface area contributed by atoms with Gasteiger partial charge < -0.3 is 9.96 Å². The SMILES string of the molecule is C[Si](C)(C)N[Si](C)(C)CC(=NC1CCCCC1)NC1CCCCC1. The van der Waals surface area contributed by atoms with Crippen molar-refractivity contribution in [1.29, 1.82) is 0 Å². The van der Waals surface area contributed by atoms with Crippen LogP contribution in [0.4, 0.5) is 0 Å². The maximum absolute atomic E-state index is 5.26. The zero-order chi connectivity index (χ0) is 17.6. The average Bonchev–Trinajstić information content (AvgIpc) is 2.46. The normalized spacial score (nSPS) is 22.6. The molecule has 140 valence electrons. The van der Waals surface area contributed by atoms with E-state index in [9.17, 15) is 0 Å². The lowest BCUT2D eigenvalue weighted by molar-refractivity contribution is 0.408. The molecule has 0 unspecified atom stereocenters. The molecular weight excluding hydrogens is 326 g/mol. The number of rotatable bonds is 6. The molecule has 0 radical (unpaired) electrons. The third-order valence-corrected chi connectivity index (χ3v) is 12.1. The van der Waals surface area contributed by atoms with Crippen molar-refractivity contribution in [2.24, 2.45) is 4.99 Å². The lowest BCUT2D eigenvalue weighted by atomic mass is 9.95. The van der Waals surface area contributed by atoms with Crippen LogP contribution < -0.4 is 9.96 Å². The van der Waals surface area contributed by atoms with Crippen LogP contribution in [0.1, 0.15) is 64.2 Å². The molecule has 2 aliphatic carbocycles. The maximum atomic E-state index is 5.26. The van der Waals surface area contributed by atoms with Gasteiger partial charge in [-0.25, -0.2) is 0 Å². The number of aliphatic imine (C=N–C) groups is 1. The Balaban J connectivity index is 2.04. The van der Waals surface area contributed by atoms with Crippen molar-refractivity contribution in [3.8, 4) is 0 Å². The lowest BCUT2D eigenvalue weighted by Crippen LogP contribution is -2.59. The van der Waals surface area contributed by atoms with E-state index >= 15 is 0 Å². The van der Waals surface area contributed by atoms with Crippen molar-refractivity contribution in [1.82, 2.24) is 9.96 Å². The van der Waals surface area contributed by atoms with E-state index in [1.165, 1.54) is 76.1 Å². The maximum Gasteiger partial charge on any atom is 0.120 e. The van der Waals surface area contributed by atoms with Crippen molar-refractivity contribution < 1.29 is 0 Å². The molecule has 0 atom stereocenters. The molecule has 0 spiro atoms. The summed E-state index contributed by atoms with van der Waals surface area (Å²) < 4.78 is 4.06. The molecule has 0 aromatic heterocycles. The van der Waals surface area contributed by atoms with Gasteiger partial charge in [-0.1, -0.05) is 71.3 Å². The van der Waals surface area contributed by atoms with Gasteiger partial charge in [0.05, 0.1) is 11.9 Å². The van der Waals surface area contributed by atoms with Crippen LogP contribution in [0, 0.1) is 0 Å². The molecule has 0 amide bonds. The molecular formula is C19H41N3Si2. The largest absolute Gasteiger partial charge is 0.371 e. The molecule has 2 N–H and O–H groups in total. The Kier molecular flexibility index (Phi) is 7.56. The van der Waals surface area contributed by atoms with Gasteiger partial charge in [0.2, 0.25) is 0 Å². The van der Waals surface area contributed by atoms with Crippen LogP contribution in [0.15, 0.2) is 4.99 Å². The molecule has 5 heteroatoms. The molecule has 2 fully saturated rings. The number of hydrogen-bond donors (Lipinski definition) is 2. The van der Waals surface area contributed by atoms with Crippen molar-refractivity contribution in [2.45, 2.75) is 115 Å². The smallest absolute Gasteiger partial charge is 0.120 e.